The first-order chi connectivity index (χ1) is 9.17. The molecular weight excluding hydrogens is 254 g/mol. The third-order valence-electron chi connectivity index (χ3n) is 2.46. The van der Waals surface area contributed by atoms with Crippen LogP contribution in [0.25, 0.3) is 0 Å². The highest BCUT2D eigenvalue weighted by Gasteiger charge is 2.35. The molecule has 0 unspecified atom stereocenters. The summed E-state index contributed by atoms with van der Waals surface area (Å²) < 4.78 is 20.5. The maximum atomic E-state index is 11.8. The van der Waals surface area contributed by atoms with Gasteiger partial charge in [0.05, 0.1) is 8.44 Å². The standard InChI is InChI=1S/C12H16ClN3O2/c1-12(2,3)18-11(17)16-6-8(7-16)9-4-5-14-10(13)15-9/h4-5,8H,6-7H2,1-3H3/i4D,5D. The van der Waals surface area contributed by atoms with Crippen molar-refractivity contribution in [3.63, 3.8) is 0 Å². The molecule has 0 atom stereocenters. The fraction of sp³-hybridized carbons (Fsp3) is 0.583. The van der Waals surface area contributed by atoms with E-state index in [4.69, 9.17) is 19.1 Å². The molecule has 0 aromatic carbocycles. The highest BCUT2D eigenvalue weighted by Crippen LogP contribution is 2.27. The molecule has 18 heavy (non-hydrogen) atoms. The molecule has 1 aromatic rings. The summed E-state index contributed by atoms with van der Waals surface area (Å²) in [6.07, 6.45) is -0.581. The molecule has 1 aromatic heterocycles. The van der Waals surface area contributed by atoms with Crippen LogP contribution < -0.4 is 0 Å². The van der Waals surface area contributed by atoms with Crippen LogP contribution in [0.2, 0.25) is 5.28 Å². The van der Waals surface area contributed by atoms with E-state index in [2.05, 4.69) is 9.97 Å². The van der Waals surface area contributed by atoms with Crippen molar-refractivity contribution in [3.05, 3.63) is 23.2 Å². The molecule has 0 aliphatic carbocycles. The average Bonchev–Trinajstić information content (AvgIpc) is 2.20. The van der Waals surface area contributed by atoms with Crippen LogP contribution in [0.4, 0.5) is 4.79 Å². The van der Waals surface area contributed by atoms with Crippen LogP contribution in [0.15, 0.2) is 12.2 Å². The minimum Gasteiger partial charge on any atom is -0.444 e. The second kappa shape index (κ2) is 4.72. The van der Waals surface area contributed by atoms with Gasteiger partial charge in [-0.05, 0) is 38.4 Å². The molecule has 1 fully saturated rings. The molecule has 5 nitrogen and oxygen atoms in total. The number of carbonyl (C=O) groups is 1. The summed E-state index contributed by atoms with van der Waals surface area (Å²) in [5.74, 6) is -0.0976. The minimum absolute atomic E-state index is 0.0387. The van der Waals surface area contributed by atoms with E-state index in [1.54, 1.807) is 20.8 Å². The smallest absolute Gasteiger partial charge is 0.410 e. The summed E-state index contributed by atoms with van der Waals surface area (Å²) in [5, 5.41) is -0.0447. The van der Waals surface area contributed by atoms with Gasteiger partial charge < -0.3 is 9.64 Å². The van der Waals surface area contributed by atoms with Crippen LogP contribution in [-0.2, 0) is 4.74 Å². The van der Waals surface area contributed by atoms with Crippen LogP contribution in [0.5, 0.6) is 0 Å². The lowest BCUT2D eigenvalue weighted by Crippen LogP contribution is -2.50. The van der Waals surface area contributed by atoms with E-state index in [1.807, 2.05) is 0 Å². The number of halogens is 1. The molecule has 1 saturated heterocycles. The number of hydrogen-bond acceptors (Lipinski definition) is 4. The van der Waals surface area contributed by atoms with E-state index >= 15 is 0 Å². The lowest BCUT2D eigenvalue weighted by molar-refractivity contribution is 0.00787. The second-order valence-electron chi connectivity index (χ2n) is 5.20. The molecular formula is C12H16ClN3O2. The molecule has 0 spiro atoms. The van der Waals surface area contributed by atoms with Crippen molar-refractivity contribution in [1.29, 1.82) is 0 Å². The second-order valence-corrected chi connectivity index (χ2v) is 5.53. The Morgan fingerprint density at radius 2 is 2.28 bits per heavy atom. The molecule has 1 aliphatic rings. The molecule has 0 radical (unpaired) electrons. The third kappa shape index (κ3) is 3.10. The predicted octanol–water partition coefficient (Wildman–Crippen LogP) is 2.46. The van der Waals surface area contributed by atoms with Crippen molar-refractivity contribution >= 4 is 17.7 Å². The van der Waals surface area contributed by atoms with Gasteiger partial charge in [-0.2, -0.15) is 0 Å². The molecule has 6 heteroatoms. The van der Waals surface area contributed by atoms with Crippen LogP contribution in [0.1, 0.15) is 35.1 Å². The van der Waals surface area contributed by atoms with Gasteiger partial charge in [-0.25, -0.2) is 14.8 Å². The molecule has 1 aliphatic heterocycles. The van der Waals surface area contributed by atoms with Crippen molar-refractivity contribution in [1.82, 2.24) is 14.9 Å². The maximum Gasteiger partial charge on any atom is 0.410 e. The van der Waals surface area contributed by atoms with E-state index < -0.39 is 5.60 Å². The molecule has 0 saturated carbocycles. The molecule has 1 amide bonds. The number of likely N-dealkylation sites (tertiary alicyclic amines) is 1. The number of ether oxygens (including phenoxy) is 1. The Morgan fingerprint density at radius 3 is 2.89 bits per heavy atom. The Morgan fingerprint density at radius 1 is 1.61 bits per heavy atom. The number of rotatable bonds is 1. The molecule has 0 N–H and O–H groups in total. The first kappa shape index (κ1) is 10.6. The zero-order valence-corrected chi connectivity index (χ0v) is 11.3. The van der Waals surface area contributed by atoms with Crippen LogP contribution in [0.3, 0.4) is 0 Å². The van der Waals surface area contributed by atoms with Gasteiger partial charge in [0.2, 0.25) is 5.28 Å². The van der Waals surface area contributed by atoms with Crippen molar-refractivity contribution in [3.8, 4) is 0 Å². The number of hydrogen-bond donors (Lipinski definition) is 0. The SMILES string of the molecule is [2H]c1nc(Cl)nc(C2CN(C(=O)OC(C)(C)C)C2)c1[2H]. The summed E-state index contributed by atoms with van der Waals surface area (Å²) >= 11 is 5.70. The minimum atomic E-state index is -0.532. The van der Waals surface area contributed by atoms with Crippen molar-refractivity contribution in [2.75, 3.05) is 13.1 Å². The average molecular weight is 272 g/mol. The highest BCUT2D eigenvalue weighted by molar-refractivity contribution is 6.28. The normalized spacial score (nSPS) is 17.9. The van der Waals surface area contributed by atoms with Crippen LogP contribution in [0, 0.1) is 0 Å². The summed E-state index contributed by atoms with van der Waals surface area (Å²) in [6.45, 7) is 6.24. The van der Waals surface area contributed by atoms with Gasteiger partial charge in [-0.15, -0.1) is 0 Å². The third-order valence-corrected chi connectivity index (χ3v) is 2.63. The largest absolute Gasteiger partial charge is 0.444 e. The van der Waals surface area contributed by atoms with Crippen molar-refractivity contribution < 1.29 is 12.3 Å². The summed E-state index contributed by atoms with van der Waals surface area (Å²) in [7, 11) is 0. The molecule has 2 heterocycles. The van der Waals surface area contributed by atoms with Gasteiger partial charge in [0, 0.05) is 25.2 Å². The van der Waals surface area contributed by atoms with Crippen LogP contribution in [-0.4, -0.2) is 39.7 Å². The lowest BCUT2D eigenvalue weighted by Gasteiger charge is -2.39. The van der Waals surface area contributed by atoms with Gasteiger partial charge in [0.1, 0.15) is 5.60 Å². The summed E-state index contributed by atoms with van der Waals surface area (Å²) in [4.78, 5) is 20.9. The number of nitrogens with zero attached hydrogens (tertiary/aromatic N) is 3. The van der Waals surface area contributed by atoms with E-state index in [0.29, 0.717) is 18.8 Å². The van der Waals surface area contributed by atoms with Gasteiger partial charge in [-0.3, -0.25) is 0 Å². The summed E-state index contributed by atoms with van der Waals surface area (Å²) in [6, 6.07) is -0.0387. The zero-order valence-electron chi connectivity index (χ0n) is 12.5. The molecule has 98 valence electrons. The Balaban J connectivity index is 2.02. The van der Waals surface area contributed by atoms with Gasteiger partial charge in [0.15, 0.2) is 0 Å². The zero-order chi connectivity index (χ0) is 15.1. The predicted molar refractivity (Wildman–Crippen MR) is 67.6 cm³/mol. The maximum absolute atomic E-state index is 11.8. The lowest BCUT2D eigenvalue weighted by atomic mass is 9.97. The highest BCUT2D eigenvalue weighted by atomic mass is 35.5. The monoisotopic (exact) mass is 271 g/mol. The quantitative estimate of drug-likeness (QED) is 0.737. The fourth-order valence-corrected chi connectivity index (χ4v) is 1.74. The Labute approximate surface area is 114 Å². The van der Waals surface area contributed by atoms with Gasteiger partial charge in [0.25, 0.3) is 0 Å². The number of carbonyl (C=O) groups excluding carboxylic acids is 1. The Hall–Kier alpha value is -1.36. The first-order valence-electron chi connectivity index (χ1n) is 6.66. The van der Waals surface area contributed by atoms with E-state index in [0.717, 1.165) is 0 Å². The van der Waals surface area contributed by atoms with Gasteiger partial charge >= 0.3 is 6.09 Å². The van der Waals surface area contributed by atoms with Crippen LogP contribution >= 0.6 is 11.6 Å². The number of aromatic nitrogens is 2. The van der Waals surface area contributed by atoms with Crippen molar-refractivity contribution in [2.45, 2.75) is 32.3 Å². The summed E-state index contributed by atoms with van der Waals surface area (Å²) in [5.41, 5.74) is -0.121. The van der Waals surface area contributed by atoms with E-state index in [1.165, 1.54) is 4.90 Å². The molecule has 0 bridgehead atoms. The van der Waals surface area contributed by atoms with E-state index in [9.17, 15) is 4.79 Å². The Kier molecular flexibility index (Phi) is 2.77. The van der Waals surface area contributed by atoms with Gasteiger partial charge in [-0.1, -0.05) is 0 Å². The first-order valence-corrected chi connectivity index (χ1v) is 6.03. The number of amides is 1. The fourth-order valence-electron chi connectivity index (χ4n) is 1.60. The van der Waals surface area contributed by atoms with E-state index in [-0.39, 0.29) is 29.5 Å². The Bertz CT molecular complexity index is 542. The topological polar surface area (TPSA) is 55.3 Å². The van der Waals surface area contributed by atoms with Crippen molar-refractivity contribution in [2.24, 2.45) is 0 Å². The molecule has 2 rings (SSSR count).